The SMILES string of the molecule is N#CC(NC(=O)CCC(=O)c1ccccc1)c1ccccc1Cl. The van der Waals surface area contributed by atoms with Crippen LogP contribution in [-0.4, -0.2) is 11.7 Å². The van der Waals surface area contributed by atoms with E-state index in [0.29, 0.717) is 16.1 Å². The average Bonchev–Trinajstić information content (AvgIpc) is 2.59. The summed E-state index contributed by atoms with van der Waals surface area (Å²) in [5, 5.41) is 12.2. The summed E-state index contributed by atoms with van der Waals surface area (Å²) in [6.07, 6.45) is 0.118. The van der Waals surface area contributed by atoms with E-state index in [-0.39, 0.29) is 24.5 Å². The molecule has 1 atom stereocenters. The van der Waals surface area contributed by atoms with Gasteiger partial charge in [0.1, 0.15) is 6.04 Å². The van der Waals surface area contributed by atoms with E-state index in [2.05, 4.69) is 5.32 Å². The Hall–Kier alpha value is -2.64. The van der Waals surface area contributed by atoms with E-state index in [1.807, 2.05) is 12.1 Å². The molecule has 2 aromatic rings. The van der Waals surface area contributed by atoms with Gasteiger partial charge in [0.25, 0.3) is 0 Å². The van der Waals surface area contributed by atoms with E-state index < -0.39 is 6.04 Å². The largest absolute Gasteiger partial charge is 0.337 e. The molecule has 1 N–H and O–H groups in total. The summed E-state index contributed by atoms with van der Waals surface area (Å²) in [6.45, 7) is 0. The zero-order valence-electron chi connectivity index (χ0n) is 12.3. The molecule has 0 aromatic heterocycles. The molecule has 0 aliphatic carbocycles. The van der Waals surface area contributed by atoms with Gasteiger partial charge in [-0.15, -0.1) is 0 Å². The van der Waals surface area contributed by atoms with Gasteiger partial charge < -0.3 is 5.32 Å². The summed E-state index contributed by atoms with van der Waals surface area (Å²) in [4.78, 5) is 23.9. The van der Waals surface area contributed by atoms with Crippen LogP contribution in [0.1, 0.15) is 34.8 Å². The quantitative estimate of drug-likeness (QED) is 0.823. The summed E-state index contributed by atoms with van der Waals surface area (Å²) >= 11 is 6.03. The molecule has 23 heavy (non-hydrogen) atoms. The molecule has 0 fully saturated rings. The number of nitriles is 1. The lowest BCUT2D eigenvalue weighted by molar-refractivity contribution is -0.121. The molecular formula is C18H15ClN2O2. The Bertz CT molecular complexity index is 738. The summed E-state index contributed by atoms with van der Waals surface area (Å²) in [7, 11) is 0. The van der Waals surface area contributed by atoms with E-state index in [1.54, 1.807) is 48.5 Å². The fourth-order valence-electron chi connectivity index (χ4n) is 2.12. The first-order valence-electron chi connectivity index (χ1n) is 7.13. The van der Waals surface area contributed by atoms with Crippen LogP contribution in [0, 0.1) is 11.3 Å². The molecule has 1 amide bonds. The molecule has 0 heterocycles. The number of benzene rings is 2. The number of nitrogens with zero attached hydrogens (tertiary/aromatic N) is 1. The second-order valence-electron chi connectivity index (χ2n) is 4.94. The van der Waals surface area contributed by atoms with Crippen molar-refractivity contribution in [3.8, 4) is 6.07 Å². The Labute approximate surface area is 139 Å². The van der Waals surface area contributed by atoms with Crippen LogP contribution in [0.2, 0.25) is 5.02 Å². The molecule has 0 saturated heterocycles. The third-order valence-electron chi connectivity index (χ3n) is 3.33. The molecule has 2 aromatic carbocycles. The third kappa shape index (κ3) is 4.67. The van der Waals surface area contributed by atoms with Crippen LogP contribution in [0.15, 0.2) is 54.6 Å². The minimum Gasteiger partial charge on any atom is -0.337 e. The Kier molecular flexibility index (Phi) is 5.90. The highest BCUT2D eigenvalue weighted by molar-refractivity contribution is 6.31. The predicted molar refractivity (Wildman–Crippen MR) is 88.0 cm³/mol. The number of carbonyl (C=O) groups excluding carboxylic acids is 2. The van der Waals surface area contributed by atoms with Gasteiger partial charge in [-0.1, -0.05) is 60.1 Å². The molecule has 116 valence electrons. The fraction of sp³-hybridized carbons (Fsp3) is 0.167. The van der Waals surface area contributed by atoms with Crippen LogP contribution >= 0.6 is 11.6 Å². The lowest BCUT2D eigenvalue weighted by Crippen LogP contribution is -2.28. The maximum atomic E-state index is 12.0. The van der Waals surface area contributed by atoms with Gasteiger partial charge in [0.15, 0.2) is 5.78 Å². The van der Waals surface area contributed by atoms with Crippen molar-refractivity contribution in [2.45, 2.75) is 18.9 Å². The van der Waals surface area contributed by atoms with Crippen molar-refractivity contribution in [3.63, 3.8) is 0 Å². The van der Waals surface area contributed by atoms with Crippen molar-refractivity contribution in [2.75, 3.05) is 0 Å². The number of Topliss-reactive ketones (excluding diaryl/α,β-unsaturated/α-hetero) is 1. The topological polar surface area (TPSA) is 70.0 Å². The Morgan fingerprint density at radius 2 is 1.70 bits per heavy atom. The monoisotopic (exact) mass is 326 g/mol. The van der Waals surface area contributed by atoms with Crippen molar-refractivity contribution in [1.82, 2.24) is 5.32 Å². The van der Waals surface area contributed by atoms with Gasteiger partial charge in [0, 0.05) is 29.0 Å². The van der Waals surface area contributed by atoms with E-state index in [4.69, 9.17) is 11.6 Å². The first-order chi connectivity index (χ1) is 11.1. The maximum absolute atomic E-state index is 12.0. The van der Waals surface area contributed by atoms with Crippen LogP contribution in [0.25, 0.3) is 0 Å². The van der Waals surface area contributed by atoms with Crippen molar-refractivity contribution in [1.29, 1.82) is 5.26 Å². The van der Waals surface area contributed by atoms with E-state index in [9.17, 15) is 14.9 Å². The molecule has 0 aliphatic heterocycles. The van der Waals surface area contributed by atoms with Gasteiger partial charge >= 0.3 is 0 Å². The highest BCUT2D eigenvalue weighted by Gasteiger charge is 2.17. The van der Waals surface area contributed by atoms with Crippen molar-refractivity contribution >= 4 is 23.3 Å². The number of carbonyl (C=O) groups is 2. The second kappa shape index (κ2) is 8.11. The van der Waals surface area contributed by atoms with Crippen molar-refractivity contribution < 1.29 is 9.59 Å². The van der Waals surface area contributed by atoms with E-state index in [1.165, 1.54) is 0 Å². The van der Waals surface area contributed by atoms with E-state index >= 15 is 0 Å². The molecule has 2 rings (SSSR count). The number of rotatable bonds is 6. The average molecular weight is 327 g/mol. The maximum Gasteiger partial charge on any atom is 0.221 e. The van der Waals surface area contributed by atoms with Crippen molar-refractivity contribution in [3.05, 3.63) is 70.7 Å². The normalized spacial score (nSPS) is 11.3. The first kappa shape index (κ1) is 16.7. The highest BCUT2D eigenvalue weighted by atomic mass is 35.5. The van der Waals surface area contributed by atoms with Crippen LogP contribution < -0.4 is 5.32 Å². The number of ketones is 1. The smallest absolute Gasteiger partial charge is 0.221 e. The van der Waals surface area contributed by atoms with Crippen LogP contribution in [-0.2, 0) is 4.79 Å². The van der Waals surface area contributed by atoms with Crippen LogP contribution in [0.4, 0.5) is 0 Å². The number of hydrogen-bond acceptors (Lipinski definition) is 3. The molecule has 0 radical (unpaired) electrons. The number of halogens is 1. The zero-order valence-corrected chi connectivity index (χ0v) is 13.1. The standard InChI is InChI=1S/C18H15ClN2O2/c19-15-9-5-4-8-14(15)16(12-20)21-18(23)11-10-17(22)13-6-2-1-3-7-13/h1-9,16H,10-11H2,(H,21,23). The molecule has 1 unspecified atom stereocenters. The third-order valence-corrected chi connectivity index (χ3v) is 3.67. The first-order valence-corrected chi connectivity index (χ1v) is 7.51. The lowest BCUT2D eigenvalue weighted by Gasteiger charge is -2.13. The lowest BCUT2D eigenvalue weighted by atomic mass is 10.1. The highest BCUT2D eigenvalue weighted by Crippen LogP contribution is 2.22. The molecule has 0 aliphatic rings. The molecule has 0 bridgehead atoms. The number of hydrogen-bond donors (Lipinski definition) is 1. The summed E-state index contributed by atoms with van der Waals surface area (Å²) < 4.78 is 0. The second-order valence-corrected chi connectivity index (χ2v) is 5.35. The summed E-state index contributed by atoms with van der Waals surface area (Å²) in [5.41, 5.74) is 1.11. The Morgan fingerprint density at radius 1 is 1.04 bits per heavy atom. The minimum absolute atomic E-state index is 0.0242. The number of nitrogens with one attached hydrogen (secondary N) is 1. The van der Waals surface area contributed by atoms with Crippen LogP contribution in [0.5, 0.6) is 0 Å². The van der Waals surface area contributed by atoms with Crippen molar-refractivity contribution in [2.24, 2.45) is 0 Å². The number of amides is 1. The van der Waals surface area contributed by atoms with Gasteiger partial charge in [0.2, 0.25) is 5.91 Å². The Morgan fingerprint density at radius 3 is 2.35 bits per heavy atom. The summed E-state index contributed by atoms with van der Waals surface area (Å²) in [5.74, 6) is -0.465. The Balaban J connectivity index is 1.93. The van der Waals surface area contributed by atoms with E-state index in [0.717, 1.165) is 0 Å². The predicted octanol–water partition coefficient (Wildman–Crippen LogP) is 3.68. The van der Waals surface area contributed by atoms with Gasteiger partial charge in [-0.05, 0) is 6.07 Å². The van der Waals surface area contributed by atoms with Gasteiger partial charge in [-0.3, -0.25) is 9.59 Å². The molecule has 5 heteroatoms. The molecule has 0 saturated carbocycles. The van der Waals surface area contributed by atoms with Gasteiger partial charge in [0.05, 0.1) is 6.07 Å². The zero-order chi connectivity index (χ0) is 16.7. The van der Waals surface area contributed by atoms with Gasteiger partial charge in [-0.25, -0.2) is 0 Å². The van der Waals surface area contributed by atoms with Gasteiger partial charge in [-0.2, -0.15) is 5.26 Å². The van der Waals surface area contributed by atoms with Crippen LogP contribution in [0.3, 0.4) is 0 Å². The molecule has 0 spiro atoms. The minimum atomic E-state index is -0.831. The molecule has 4 nitrogen and oxygen atoms in total. The summed E-state index contributed by atoms with van der Waals surface area (Å²) in [6, 6.07) is 16.8. The molecular weight excluding hydrogens is 312 g/mol. The fourth-order valence-corrected chi connectivity index (χ4v) is 2.36.